The van der Waals surface area contributed by atoms with E-state index in [2.05, 4.69) is 6.92 Å². The van der Waals surface area contributed by atoms with Gasteiger partial charge >= 0.3 is 0 Å². The van der Waals surface area contributed by atoms with E-state index >= 15 is 0 Å². The zero-order valence-corrected chi connectivity index (χ0v) is 8.50. The predicted octanol–water partition coefficient (Wildman–Crippen LogP) is 1.67. The number of hydrogen-bond donors (Lipinski definition) is 0. The summed E-state index contributed by atoms with van der Waals surface area (Å²) in [6, 6.07) is 0. The van der Waals surface area contributed by atoms with Gasteiger partial charge in [-0.25, -0.2) is 0 Å². The highest BCUT2D eigenvalue weighted by Gasteiger charge is 2.14. The Balaban J connectivity index is 3.47. The molecular formula is C9H20O3. The van der Waals surface area contributed by atoms with Crippen molar-refractivity contribution in [3.8, 4) is 0 Å². The molecule has 1 unspecified atom stereocenters. The molecule has 0 radical (unpaired) electrons. The lowest BCUT2D eigenvalue weighted by Gasteiger charge is -2.20. The van der Waals surface area contributed by atoms with Crippen LogP contribution >= 0.6 is 0 Å². The maximum absolute atomic E-state index is 5.23. The summed E-state index contributed by atoms with van der Waals surface area (Å²) in [4.78, 5) is 0. The first-order chi connectivity index (χ1) is 5.76. The summed E-state index contributed by atoms with van der Waals surface area (Å²) in [5.74, 6) is 0.381. The third-order valence-electron chi connectivity index (χ3n) is 1.85. The summed E-state index contributed by atoms with van der Waals surface area (Å²) >= 11 is 0. The molecule has 12 heavy (non-hydrogen) atoms. The summed E-state index contributed by atoms with van der Waals surface area (Å²) in [5.41, 5.74) is 0. The van der Waals surface area contributed by atoms with Crippen LogP contribution in [0, 0.1) is 5.92 Å². The fourth-order valence-electron chi connectivity index (χ4n) is 1.11. The van der Waals surface area contributed by atoms with Gasteiger partial charge in [0.2, 0.25) is 0 Å². The number of rotatable bonds is 7. The van der Waals surface area contributed by atoms with Crippen LogP contribution in [0.25, 0.3) is 0 Å². The van der Waals surface area contributed by atoms with Crippen molar-refractivity contribution in [1.29, 1.82) is 0 Å². The molecular weight excluding hydrogens is 156 g/mol. The molecule has 0 aromatic rings. The van der Waals surface area contributed by atoms with Crippen molar-refractivity contribution in [2.75, 3.05) is 27.4 Å². The first-order valence-corrected chi connectivity index (χ1v) is 4.39. The average molecular weight is 176 g/mol. The number of methoxy groups -OCH3 is 2. The molecule has 0 saturated carbocycles. The van der Waals surface area contributed by atoms with Gasteiger partial charge in [-0.15, -0.1) is 0 Å². The summed E-state index contributed by atoms with van der Waals surface area (Å²) in [6.07, 6.45) is 0.866. The minimum atomic E-state index is -0.106. The minimum Gasteiger partial charge on any atom is -0.382 e. The summed E-state index contributed by atoms with van der Waals surface area (Å²) in [6.45, 7) is 5.64. The molecule has 0 aliphatic rings. The smallest absolute Gasteiger partial charge is 0.159 e. The Bertz CT molecular complexity index is 91.8. The second-order valence-corrected chi connectivity index (χ2v) is 2.80. The lowest BCUT2D eigenvalue weighted by Crippen LogP contribution is -2.23. The third-order valence-corrected chi connectivity index (χ3v) is 1.85. The van der Waals surface area contributed by atoms with E-state index in [1.165, 1.54) is 0 Å². The van der Waals surface area contributed by atoms with E-state index in [1.54, 1.807) is 14.2 Å². The van der Waals surface area contributed by atoms with Crippen molar-refractivity contribution in [3.63, 3.8) is 0 Å². The maximum atomic E-state index is 5.23. The van der Waals surface area contributed by atoms with Gasteiger partial charge in [0, 0.05) is 33.4 Å². The van der Waals surface area contributed by atoms with Crippen LogP contribution in [0.2, 0.25) is 0 Å². The van der Waals surface area contributed by atoms with E-state index in [0.717, 1.165) is 19.6 Å². The lowest BCUT2D eigenvalue weighted by molar-refractivity contribution is -0.137. The van der Waals surface area contributed by atoms with Gasteiger partial charge in [-0.05, 0) is 13.3 Å². The van der Waals surface area contributed by atoms with Crippen LogP contribution in [0.3, 0.4) is 0 Å². The van der Waals surface area contributed by atoms with E-state index < -0.39 is 0 Å². The SMILES string of the molecule is CCOCCC(C)C(OC)OC. The second-order valence-electron chi connectivity index (χ2n) is 2.80. The Morgan fingerprint density at radius 3 is 2.17 bits per heavy atom. The van der Waals surface area contributed by atoms with Crippen molar-refractivity contribution in [2.45, 2.75) is 26.6 Å². The standard InChI is InChI=1S/C9H20O3/c1-5-12-7-6-8(2)9(10-3)11-4/h8-9H,5-7H2,1-4H3. The first-order valence-electron chi connectivity index (χ1n) is 4.39. The highest BCUT2D eigenvalue weighted by Crippen LogP contribution is 2.11. The van der Waals surface area contributed by atoms with E-state index in [-0.39, 0.29) is 6.29 Å². The van der Waals surface area contributed by atoms with Gasteiger partial charge < -0.3 is 14.2 Å². The molecule has 0 rings (SSSR count). The van der Waals surface area contributed by atoms with Crippen LogP contribution in [0.1, 0.15) is 20.3 Å². The Hall–Kier alpha value is -0.120. The molecule has 3 nitrogen and oxygen atoms in total. The molecule has 0 aromatic heterocycles. The monoisotopic (exact) mass is 176 g/mol. The van der Waals surface area contributed by atoms with Crippen LogP contribution in [-0.4, -0.2) is 33.7 Å². The van der Waals surface area contributed by atoms with Crippen LogP contribution in [0.5, 0.6) is 0 Å². The first kappa shape index (κ1) is 11.9. The van der Waals surface area contributed by atoms with Crippen LogP contribution < -0.4 is 0 Å². The molecule has 74 valence electrons. The predicted molar refractivity (Wildman–Crippen MR) is 48.1 cm³/mol. The molecule has 0 bridgehead atoms. The highest BCUT2D eigenvalue weighted by molar-refractivity contribution is 4.55. The van der Waals surface area contributed by atoms with Gasteiger partial charge in [-0.2, -0.15) is 0 Å². The largest absolute Gasteiger partial charge is 0.382 e. The summed E-state index contributed by atoms with van der Waals surface area (Å²) in [5, 5.41) is 0. The van der Waals surface area contributed by atoms with E-state index in [0.29, 0.717) is 5.92 Å². The second kappa shape index (κ2) is 7.53. The zero-order valence-electron chi connectivity index (χ0n) is 8.50. The van der Waals surface area contributed by atoms with Crippen molar-refractivity contribution in [3.05, 3.63) is 0 Å². The normalized spacial score (nSPS) is 13.8. The molecule has 0 aliphatic carbocycles. The fourth-order valence-corrected chi connectivity index (χ4v) is 1.11. The van der Waals surface area contributed by atoms with Gasteiger partial charge in [0.25, 0.3) is 0 Å². The highest BCUT2D eigenvalue weighted by atomic mass is 16.7. The lowest BCUT2D eigenvalue weighted by atomic mass is 10.1. The molecule has 0 amide bonds. The molecule has 0 heterocycles. The maximum Gasteiger partial charge on any atom is 0.159 e. The van der Waals surface area contributed by atoms with E-state index in [4.69, 9.17) is 14.2 Å². The van der Waals surface area contributed by atoms with Crippen molar-refractivity contribution in [2.24, 2.45) is 5.92 Å². The fraction of sp³-hybridized carbons (Fsp3) is 1.00. The zero-order chi connectivity index (χ0) is 9.40. The van der Waals surface area contributed by atoms with Crippen LogP contribution in [0.15, 0.2) is 0 Å². The molecule has 3 heteroatoms. The number of ether oxygens (including phenoxy) is 3. The average Bonchev–Trinajstić information content (AvgIpc) is 2.07. The Morgan fingerprint density at radius 2 is 1.75 bits per heavy atom. The summed E-state index contributed by atoms with van der Waals surface area (Å²) in [7, 11) is 3.32. The number of hydrogen-bond acceptors (Lipinski definition) is 3. The molecule has 1 atom stereocenters. The van der Waals surface area contributed by atoms with Crippen molar-refractivity contribution < 1.29 is 14.2 Å². The van der Waals surface area contributed by atoms with Crippen molar-refractivity contribution >= 4 is 0 Å². The minimum absolute atomic E-state index is 0.106. The third kappa shape index (κ3) is 4.70. The molecule has 0 aromatic carbocycles. The molecule has 0 aliphatic heterocycles. The Morgan fingerprint density at radius 1 is 1.17 bits per heavy atom. The van der Waals surface area contributed by atoms with Gasteiger partial charge in [-0.1, -0.05) is 6.92 Å². The van der Waals surface area contributed by atoms with Crippen LogP contribution in [0.4, 0.5) is 0 Å². The topological polar surface area (TPSA) is 27.7 Å². The van der Waals surface area contributed by atoms with E-state index in [9.17, 15) is 0 Å². The molecule has 0 N–H and O–H groups in total. The van der Waals surface area contributed by atoms with Gasteiger partial charge in [0.05, 0.1) is 0 Å². The molecule has 0 fully saturated rings. The Labute approximate surface area is 75.0 Å². The molecule has 0 saturated heterocycles. The Kier molecular flexibility index (Phi) is 7.45. The van der Waals surface area contributed by atoms with Gasteiger partial charge in [0.1, 0.15) is 0 Å². The molecule has 0 spiro atoms. The van der Waals surface area contributed by atoms with Crippen LogP contribution in [-0.2, 0) is 14.2 Å². The quantitative estimate of drug-likeness (QED) is 0.436. The van der Waals surface area contributed by atoms with Gasteiger partial charge in [0.15, 0.2) is 6.29 Å². The van der Waals surface area contributed by atoms with Gasteiger partial charge in [-0.3, -0.25) is 0 Å². The van der Waals surface area contributed by atoms with Crippen molar-refractivity contribution in [1.82, 2.24) is 0 Å². The summed E-state index contributed by atoms with van der Waals surface area (Å²) < 4.78 is 15.5. The van der Waals surface area contributed by atoms with E-state index in [1.807, 2.05) is 6.92 Å².